The van der Waals surface area contributed by atoms with Crippen LogP contribution in [0.25, 0.3) is 0 Å². The largest absolute Gasteiger partial charge is 0.497 e. The molecular weight excluding hydrogens is 332 g/mol. The number of ether oxygens (including phenoxy) is 2. The number of hydrogen-bond acceptors (Lipinski definition) is 2. The Morgan fingerprint density at radius 2 is 0.889 bits per heavy atom. The monoisotopic (exact) mass is 356 g/mol. The summed E-state index contributed by atoms with van der Waals surface area (Å²) in [5.74, 6) is 2.27. The highest BCUT2D eigenvalue weighted by Gasteiger charge is 2.45. The second kappa shape index (κ2) is 7.32. The van der Waals surface area contributed by atoms with Crippen LogP contribution in [0.15, 0.2) is 97.1 Å². The van der Waals surface area contributed by atoms with Crippen molar-refractivity contribution in [2.75, 3.05) is 14.2 Å². The van der Waals surface area contributed by atoms with E-state index in [9.17, 15) is 0 Å². The van der Waals surface area contributed by atoms with Crippen LogP contribution in [0.2, 0.25) is 0 Å². The highest BCUT2D eigenvalue weighted by molar-refractivity contribution is 5.51. The van der Waals surface area contributed by atoms with Crippen molar-refractivity contribution in [1.29, 1.82) is 0 Å². The Morgan fingerprint density at radius 1 is 0.556 bits per heavy atom. The molecule has 0 fully saturated rings. The van der Waals surface area contributed by atoms with Crippen LogP contribution in [0.1, 0.15) is 11.1 Å². The van der Waals surface area contributed by atoms with E-state index in [2.05, 4.69) is 97.1 Å². The average molecular weight is 356 g/mol. The third kappa shape index (κ3) is 2.91. The fraction of sp³-hybridized carbons (Fsp3) is 0.200. The molecule has 136 valence electrons. The minimum Gasteiger partial charge on any atom is -0.497 e. The smallest absolute Gasteiger partial charge is 0.118 e. The van der Waals surface area contributed by atoms with Gasteiger partial charge in [0, 0.05) is 17.3 Å². The van der Waals surface area contributed by atoms with Crippen molar-refractivity contribution in [3.8, 4) is 11.5 Å². The molecule has 2 aromatic carbocycles. The maximum absolute atomic E-state index is 5.40. The summed E-state index contributed by atoms with van der Waals surface area (Å²) < 4.78 is 10.8. The molecule has 0 spiro atoms. The van der Waals surface area contributed by atoms with Gasteiger partial charge in [0.2, 0.25) is 0 Å². The fourth-order valence-corrected chi connectivity index (χ4v) is 4.36. The summed E-state index contributed by atoms with van der Waals surface area (Å²) in [6.45, 7) is 0. The first-order chi connectivity index (χ1) is 13.3. The van der Waals surface area contributed by atoms with Gasteiger partial charge in [0.1, 0.15) is 11.5 Å². The SMILES string of the molecule is COc1ccc(C(c2ccc(OC)cc2)(C2C=CC=C2)C2C=CC=C2)cc1. The number of benzene rings is 2. The van der Waals surface area contributed by atoms with Crippen LogP contribution in [-0.2, 0) is 5.41 Å². The van der Waals surface area contributed by atoms with Gasteiger partial charge in [0.15, 0.2) is 0 Å². The van der Waals surface area contributed by atoms with Crippen molar-refractivity contribution >= 4 is 0 Å². The summed E-state index contributed by atoms with van der Waals surface area (Å²) >= 11 is 0. The molecule has 0 radical (unpaired) electrons. The molecule has 27 heavy (non-hydrogen) atoms. The predicted octanol–water partition coefficient (Wildman–Crippen LogP) is 5.47. The molecule has 2 nitrogen and oxygen atoms in total. The van der Waals surface area contributed by atoms with Crippen molar-refractivity contribution in [2.24, 2.45) is 11.8 Å². The minimum atomic E-state index is -0.231. The molecule has 0 aliphatic heterocycles. The van der Waals surface area contributed by atoms with E-state index >= 15 is 0 Å². The molecule has 2 aliphatic rings. The van der Waals surface area contributed by atoms with Gasteiger partial charge in [0.25, 0.3) is 0 Å². The lowest BCUT2D eigenvalue weighted by atomic mass is 9.59. The van der Waals surface area contributed by atoms with E-state index in [0.717, 1.165) is 11.5 Å². The Balaban J connectivity index is 1.95. The van der Waals surface area contributed by atoms with Crippen LogP contribution in [0.5, 0.6) is 11.5 Å². The zero-order valence-corrected chi connectivity index (χ0v) is 15.7. The summed E-state index contributed by atoms with van der Waals surface area (Å²) in [4.78, 5) is 0. The molecule has 0 N–H and O–H groups in total. The quantitative estimate of drug-likeness (QED) is 0.683. The Bertz CT molecular complexity index is 797. The van der Waals surface area contributed by atoms with Crippen molar-refractivity contribution in [3.63, 3.8) is 0 Å². The van der Waals surface area contributed by atoms with E-state index in [1.54, 1.807) is 14.2 Å². The normalized spacial score (nSPS) is 16.4. The first-order valence-corrected chi connectivity index (χ1v) is 9.28. The van der Waals surface area contributed by atoms with Crippen molar-refractivity contribution in [3.05, 3.63) is 108 Å². The van der Waals surface area contributed by atoms with Crippen molar-refractivity contribution < 1.29 is 9.47 Å². The van der Waals surface area contributed by atoms with Gasteiger partial charge in [-0.05, 0) is 35.4 Å². The Hall–Kier alpha value is -3.00. The Kier molecular flexibility index (Phi) is 4.72. The maximum Gasteiger partial charge on any atom is 0.118 e. The van der Waals surface area contributed by atoms with E-state index < -0.39 is 0 Å². The van der Waals surface area contributed by atoms with Gasteiger partial charge in [-0.15, -0.1) is 0 Å². The molecule has 0 heterocycles. The van der Waals surface area contributed by atoms with Crippen LogP contribution < -0.4 is 9.47 Å². The van der Waals surface area contributed by atoms with Gasteiger partial charge in [-0.25, -0.2) is 0 Å². The van der Waals surface area contributed by atoms with Crippen LogP contribution in [0.3, 0.4) is 0 Å². The number of rotatable bonds is 6. The summed E-state index contributed by atoms with van der Waals surface area (Å²) in [6.07, 6.45) is 17.8. The second-order valence-corrected chi connectivity index (χ2v) is 6.92. The standard InChI is InChI=1S/C25H24O2/c1-26-23-15-11-21(12-16-23)25(19-7-3-4-8-19,20-9-5-6-10-20)22-13-17-24(27-2)18-14-22/h3-20H,1-2H3. The Morgan fingerprint density at radius 3 is 1.19 bits per heavy atom. The number of hydrogen-bond donors (Lipinski definition) is 0. The van der Waals surface area contributed by atoms with Gasteiger partial charge in [0.05, 0.1) is 14.2 Å². The van der Waals surface area contributed by atoms with E-state index in [1.807, 2.05) is 0 Å². The maximum atomic E-state index is 5.40. The molecule has 2 aromatic rings. The third-order valence-electron chi connectivity index (χ3n) is 5.68. The first kappa shape index (κ1) is 17.4. The number of allylic oxidation sites excluding steroid dienone is 8. The summed E-state index contributed by atoms with van der Waals surface area (Å²) in [5, 5.41) is 0. The van der Waals surface area contributed by atoms with Crippen LogP contribution in [-0.4, -0.2) is 14.2 Å². The molecule has 0 saturated carbocycles. The van der Waals surface area contributed by atoms with Crippen LogP contribution in [0, 0.1) is 11.8 Å². The minimum absolute atomic E-state index is 0.231. The highest BCUT2D eigenvalue weighted by Crippen LogP contribution is 2.50. The molecular formula is C25H24O2. The summed E-state index contributed by atoms with van der Waals surface area (Å²) in [6, 6.07) is 17.0. The van der Waals surface area contributed by atoms with E-state index in [1.165, 1.54) is 11.1 Å². The lowest BCUT2D eigenvalue weighted by Crippen LogP contribution is -2.40. The van der Waals surface area contributed by atoms with Gasteiger partial charge < -0.3 is 9.47 Å². The van der Waals surface area contributed by atoms with E-state index in [-0.39, 0.29) is 17.3 Å². The topological polar surface area (TPSA) is 18.5 Å². The Labute approximate surface area is 161 Å². The molecule has 0 aromatic heterocycles. The predicted molar refractivity (Wildman–Crippen MR) is 110 cm³/mol. The highest BCUT2D eigenvalue weighted by atomic mass is 16.5. The van der Waals surface area contributed by atoms with Crippen LogP contribution in [0.4, 0.5) is 0 Å². The molecule has 4 rings (SSSR count). The van der Waals surface area contributed by atoms with Crippen molar-refractivity contribution in [1.82, 2.24) is 0 Å². The lowest BCUT2D eigenvalue weighted by Gasteiger charge is -2.43. The lowest BCUT2D eigenvalue weighted by molar-refractivity contribution is 0.376. The average Bonchev–Trinajstić information content (AvgIpc) is 3.45. The molecule has 2 aliphatic carbocycles. The zero-order valence-electron chi connectivity index (χ0n) is 15.7. The second-order valence-electron chi connectivity index (χ2n) is 6.92. The van der Waals surface area contributed by atoms with Gasteiger partial charge >= 0.3 is 0 Å². The third-order valence-corrected chi connectivity index (χ3v) is 5.68. The van der Waals surface area contributed by atoms with Gasteiger partial charge in [-0.1, -0.05) is 72.9 Å². The van der Waals surface area contributed by atoms with Gasteiger partial charge in [-0.3, -0.25) is 0 Å². The fourth-order valence-electron chi connectivity index (χ4n) is 4.36. The molecule has 2 heteroatoms. The van der Waals surface area contributed by atoms with Crippen LogP contribution >= 0.6 is 0 Å². The molecule has 0 unspecified atom stereocenters. The summed E-state index contributed by atoms with van der Waals surface area (Å²) in [5.41, 5.74) is 2.32. The number of methoxy groups -OCH3 is 2. The molecule has 0 atom stereocenters. The zero-order chi connectivity index (χ0) is 18.7. The summed E-state index contributed by atoms with van der Waals surface area (Å²) in [7, 11) is 3.41. The van der Waals surface area contributed by atoms with Gasteiger partial charge in [-0.2, -0.15) is 0 Å². The molecule has 0 amide bonds. The van der Waals surface area contributed by atoms with E-state index in [0.29, 0.717) is 0 Å². The molecule has 0 bridgehead atoms. The van der Waals surface area contributed by atoms with E-state index in [4.69, 9.17) is 9.47 Å². The first-order valence-electron chi connectivity index (χ1n) is 9.28. The molecule has 0 saturated heterocycles. The van der Waals surface area contributed by atoms with Crippen molar-refractivity contribution in [2.45, 2.75) is 5.41 Å².